The van der Waals surface area contributed by atoms with E-state index in [2.05, 4.69) is 9.71 Å². The molecule has 0 amide bonds. The first-order chi connectivity index (χ1) is 9.29. The highest BCUT2D eigenvalue weighted by atomic mass is 35.5. The van der Waals surface area contributed by atoms with E-state index in [1.54, 1.807) is 6.92 Å². The summed E-state index contributed by atoms with van der Waals surface area (Å²) in [6.45, 7) is 1.65. The number of hydrogen-bond acceptors (Lipinski definition) is 4. The van der Waals surface area contributed by atoms with Crippen LogP contribution in [0.4, 0.5) is 15.8 Å². The number of aryl methyl sites for hydroxylation is 1. The molecule has 0 spiro atoms. The van der Waals surface area contributed by atoms with Gasteiger partial charge in [0.2, 0.25) is 5.95 Å². The Balaban J connectivity index is 2.38. The van der Waals surface area contributed by atoms with Crippen LogP contribution < -0.4 is 10.5 Å². The summed E-state index contributed by atoms with van der Waals surface area (Å²) in [5.41, 5.74) is 6.51. The number of anilines is 2. The van der Waals surface area contributed by atoms with Crippen molar-refractivity contribution < 1.29 is 12.8 Å². The largest absolute Gasteiger partial charge is 0.397 e. The highest BCUT2D eigenvalue weighted by Crippen LogP contribution is 2.27. The predicted molar refractivity (Wildman–Crippen MR) is 75.6 cm³/mol. The zero-order chi connectivity index (χ0) is 14.9. The van der Waals surface area contributed by atoms with E-state index in [0.29, 0.717) is 10.6 Å². The number of aromatic nitrogens is 1. The van der Waals surface area contributed by atoms with Gasteiger partial charge in [-0.2, -0.15) is 4.39 Å². The van der Waals surface area contributed by atoms with Crippen LogP contribution >= 0.6 is 11.6 Å². The minimum Gasteiger partial charge on any atom is -0.397 e. The molecule has 0 aliphatic heterocycles. The van der Waals surface area contributed by atoms with Crippen LogP contribution in [0.3, 0.4) is 0 Å². The lowest BCUT2D eigenvalue weighted by molar-refractivity contribution is 0.583. The number of pyridine rings is 1. The average molecular weight is 316 g/mol. The first kappa shape index (κ1) is 14.5. The van der Waals surface area contributed by atoms with Crippen molar-refractivity contribution in [1.82, 2.24) is 4.98 Å². The second kappa shape index (κ2) is 5.26. The molecule has 0 saturated heterocycles. The smallest absolute Gasteiger partial charge is 0.262 e. The molecule has 106 valence electrons. The van der Waals surface area contributed by atoms with Crippen molar-refractivity contribution >= 4 is 33.0 Å². The number of halogens is 2. The van der Waals surface area contributed by atoms with Crippen molar-refractivity contribution in [1.29, 1.82) is 0 Å². The van der Waals surface area contributed by atoms with Crippen molar-refractivity contribution in [2.75, 3.05) is 10.5 Å². The minimum absolute atomic E-state index is 0.0266. The van der Waals surface area contributed by atoms with Crippen LogP contribution in [0, 0.1) is 12.9 Å². The maximum atomic E-state index is 12.7. The molecular weight excluding hydrogens is 305 g/mol. The van der Waals surface area contributed by atoms with Crippen LogP contribution in [0.15, 0.2) is 35.4 Å². The lowest BCUT2D eigenvalue weighted by Crippen LogP contribution is -2.14. The molecule has 0 unspecified atom stereocenters. The fourth-order valence-corrected chi connectivity index (χ4v) is 2.84. The van der Waals surface area contributed by atoms with E-state index >= 15 is 0 Å². The van der Waals surface area contributed by atoms with E-state index in [4.69, 9.17) is 17.3 Å². The molecule has 0 fully saturated rings. The topological polar surface area (TPSA) is 85.1 Å². The summed E-state index contributed by atoms with van der Waals surface area (Å²) in [6.07, 6.45) is 1.08. The summed E-state index contributed by atoms with van der Waals surface area (Å²) in [5, 5.41) is 0.312. The monoisotopic (exact) mass is 315 g/mol. The van der Waals surface area contributed by atoms with Crippen LogP contribution in [0.5, 0.6) is 0 Å². The van der Waals surface area contributed by atoms with Gasteiger partial charge in [-0.3, -0.25) is 4.72 Å². The average Bonchev–Trinajstić information content (AvgIpc) is 2.38. The van der Waals surface area contributed by atoms with Gasteiger partial charge in [-0.05, 0) is 36.8 Å². The number of nitrogens with two attached hydrogens (primary N) is 1. The quantitative estimate of drug-likeness (QED) is 0.673. The lowest BCUT2D eigenvalue weighted by Gasteiger charge is -2.10. The third-order valence-corrected chi connectivity index (χ3v) is 4.42. The van der Waals surface area contributed by atoms with E-state index in [9.17, 15) is 12.8 Å². The van der Waals surface area contributed by atoms with Gasteiger partial charge in [0.1, 0.15) is 0 Å². The van der Waals surface area contributed by atoms with E-state index < -0.39 is 16.0 Å². The summed E-state index contributed by atoms with van der Waals surface area (Å²) in [5.74, 6) is -0.695. The minimum atomic E-state index is -3.84. The predicted octanol–water partition coefficient (Wildman–Crippen LogP) is 2.57. The Kier molecular flexibility index (Phi) is 3.82. The molecule has 1 aromatic heterocycles. The van der Waals surface area contributed by atoms with Crippen LogP contribution in [0.2, 0.25) is 5.02 Å². The Hall–Kier alpha value is -1.86. The first-order valence-corrected chi connectivity index (χ1v) is 7.36. The molecule has 0 saturated carbocycles. The number of nitrogens with zero attached hydrogens (tertiary/aromatic N) is 1. The SMILES string of the molecule is Cc1cc(S(=O)(=O)Nc2ccc(F)nc2)cc(N)c1Cl. The Morgan fingerprint density at radius 1 is 1.35 bits per heavy atom. The number of benzene rings is 1. The Labute approximate surface area is 120 Å². The van der Waals surface area contributed by atoms with Gasteiger partial charge in [0.15, 0.2) is 0 Å². The van der Waals surface area contributed by atoms with Gasteiger partial charge in [0.05, 0.1) is 27.5 Å². The zero-order valence-corrected chi connectivity index (χ0v) is 12.0. The molecule has 0 aliphatic rings. The highest BCUT2D eigenvalue weighted by molar-refractivity contribution is 7.92. The maximum Gasteiger partial charge on any atom is 0.262 e. The maximum absolute atomic E-state index is 12.7. The lowest BCUT2D eigenvalue weighted by atomic mass is 10.2. The number of nitrogens with one attached hydrogen (secondary N) is 1. The summed E-state index contributed by atoms with van der Waals surface area (Å²) in [4.78, 5) is 3.34. The van der Waals surface area contributed by atoms with E-state index in [1.165, 1.54) is 18.2 Å². The van der Waals surface area contributed by atoms with E-state index in [1.807, 2.05) is 0 Å². The zero-order valence-electron chi connectivity index (χ0n) is 10.4. The van der Waals surface area contributed by atoms with Crippen molar-refractivity contribution in [3.63, 3.8) is 0 Å². The number of rotatable bonds is 3. The molecule has 0 atom stereocenters. The molecule has 0 radical (unpaired) electrons. The van der Waals surface area contributed by atoms with Gasteiger partial charge in [-0.15, -0.1) is 0 Å². The second-order valence-corrected chi connectivity index (χ2v) is 6.18. The van der Waals surface area contributed by atoms with Crippen LogP contribution in [0.25, 0.3) is 0 Å². The van der Waals surface area contributed by atoms with Gasteiger partial charge in [-0.1, -0.05) is 11.6 Å². The fraction of sp³-hybridized carbons (Fsp3) is 0.0833. The molecule has 8 heteroatoms. The fourth-order valence-electron chi connectivity index (χ4n) is 1.57. The highest BCUT2D eigenvalue weighted by Gasteiger charge is 2.17. The first-order valence-electron chi connectivity index (χ1n) is 5.49. The molecule has 2 aromatic rings. The third kappa shape index (κ3) is 3.00. The Bertz CT molecular complexity index is 725. The van der Waals surface area contributed by atoms with Gasteiger partial charge in [-0.25, -0.2) is 13.4 Å². The van der Waals surface area contributed by atoms with Gasteiger partial charge in [0.25, 0.3) is 10.0 Å². The van der Waals surface area contributed by atoms with Gasteiger partial charge >= 0.3 is 0 Å². The number of sulfonamides is 1. The van der Waals surface area contributed by atoms with Gasteiger partial charge in [0, 0.05) is 0 Å². The number of hydrogen-bond donors (Lipinski definition) is 2. The Morgan fingerprint density at radius 2 is 2.05 bits per heavy atom. The third-order valence-electron chi connectivity index (χ3n) is 2.55. The van der Waals surface area contributed by atoms with Crippen molar-refractivity contribution in [2.45, 2.75) is 11.8 Å². The van der Waals surface area contributed by atoms with Crippen molar-refractivity contribution in [3.8, 4) is 0 Å². The summed E-state index contributed by atoms with van der Waals surface area (Å²) in [7, 11) is -3.84. The number of nitrogen functional groups attached to an aromatic ring is 1. The molecular formula is C12H11ClFN3O2S. The molecule has 2 rings (SSSR count). The molecule has 1 heterocycles. The van der Waals surface area contributed by atoms with E-state index in [-0.39, 0.29) is 16.3 Å². The molecule has 0 aliphatic carbocycles. The normalized spacial score (nSPS) is 11.3. The molecule has 1 aromatic carbocycles. The molecule has 20 heavy (non-hydrogen) atoms. The molecule has 5 nitrogen and oxygen atoms in total. The van der Waals surface area contributed by atoms with E-state index in [0.717, 1.165) is 12.3 Å². The molecule has 3 N–H and O–H groups in total. The van der Waals surface area contributed by atoms with Crippen LogP contribution in [-0.4, -0.2) is 13.4 Å². The van der Waals surface area contributed by atoms with Crippen molar-refractivity contribution in [2.24, 2.45) is 0 Å². The summed E-state index contributed by atoms with van der Waals surface area (Å²) >= 11 is 5.89. The van der Waals surface area contributed by atoms with Crippen molar-refractivity contribution in [3.05, 3.63) is 47.0 Å². The second-order valence-electron chi connectivity index (χ2n) is 4.12. The van der Waals surface area contributed by atoms with Crippen LogP contribution in [-0.2, 0) is 10.0 Å². The summed E-state index contributed by atoms with van der Waals surface area (Å²) < 4.78 is 39.3. The summed E-state index contributed by atoms with van der Waals surface area (Å²) in [6, 6.07) is 4.98. The Morgan fingerprint density at radius 3 is 2.60 bits per heavy atom. The standard InChI is InChI=1S/C12H11ClFN3O2S/c1-7-4-9(5-10(15)12(7)13)20(18,19)17-8-2-3-11(14)16-6-8/h2-6,17H,15H2,1H3. The van der Waals surface area contributed by atoms with Gasteiger partial charge < -0.3 is 5.73 Å². The van der Waals surface area contributed by atoms with Crippen LogP contribution in [0.1, 0.15) is 5.56 Å². The molecule has 0 bridgehead atoms.